The van der Waals surface area contributed by atoms with Crippen LogP contribution in [0.4, 0.5) is 18.9 Å². The molecule has 0 atom stereocenters. The normalized spacial score (nSPS) is 11.8. The summed E-state index contributed by atoms with van der Waals surface area (Å²) in [6.45, 7) is 1.53. The van der Waals surface area contributed by atoms with E-state index in [1.165, 1.54) is 18.5 Å². The standard InChI is InChI=1S/C23H26F3N5O/c1-16(2)32-19-9-7-18(8-10-19)30-23(28-12-11-17-5-3-4-6-20(17)24)29-15-21-27-13-14-31(21)22(25)26/h3-10,13-14,16,22H,11-12,15H2,1-2H3,(H2,28,29,30). The molecule has 6 nitrogen and oxygen atoms in total. The van der Waals surface area contributed by atoms with Crippen LogP contribution < -0.4 is 15.4 Å². The first-order valence-electron chi connectivity index (χ1n) is 10.3. The van der Waals surface area contributed by atoms with Crippen LogP contribution >= 0.6 is 0 Å². The molecule has 3 rings (SSSR count). The fourth-order valence-electron chi connectivity index (χ4n) is 2.98. The predicted molar refractivity (Wildman–Crippen MR) is 119 cm³/mol. The number of hydrogen-bond donors (Lipinski definition) is 2. The second-order valence-corrected chi connectivity index (χ2v) is 7.28. The highest BCUT2D eigenvalue weighted by Crippen LogP contribution is 2.17. The molecule has 0 amide bonds. The second-order valence-electron chi connectivity index (χ2n) is 7.28. The number of nitrogens with one attached hydrogen (secondary N) is 2. The summed E-state index contributed by atoms with van der Waals surface area (Å²) in [5.74, 6) is 0.953. The molecule has 0 saturated heterocycles. The fraction of sp³-hybridized carbons (Fsp3) is 0.304. The summed E-state index contributed by atoms with van der Waals surface area (Å²) in [6, 6.07) is 13.8. The first-order chi connectivity index (χ1) is 15.4. The molecule has 0 aliphatic heterocycles. The maximum absolute atomic E-state index is 13.9. The zero-order chi connectivity index (χ0) is 22.9. The number of rotatable bonds is 9. The van der Waals surface area contributed by atoms with Crippen LogP contribution in [0.5, 0.6) is 5.75 Å². The lowest BCUT2D eigenvalue weighted by Crippen LogP contribution is -2.32. The lowest BCUT2D eigenvalue weighted by atomic mass is 10.1. The largest absolute Gasteiger partial charge is 0.491 e. The van der Waals surface area contributed by atoms with Crippen LogP contribution in [0.3, 0.4) is 0 Å². The highest BCUT2D eigenvalue weighted by atomic mass is 19.3. The SMILES string of the molecule is CC(C)Oc1ccc(NC(=NCc2nccn2C(F)F)NCCc2ccccc2F)cc1. The Hall–Kier alpha value is -3.49. The summed E-state index contributed by atoms with van der Waals surface area (Å²) in [7, 11) is 0. The Balaban J connectivity index is 1.70. The Morgan fingerprint density at radius 2 is 1.88 bits per heavy atom. The van der Waals surface area contributed by atoms with Gasteiger partial charge in [0.1, 0.15) is 23.9 Å². The quantitative estimate of drug-likeness (QED) is 0.359. The molecule has 0 aliphatic carbocycles. The van der Waals surface area contributed by atoms with Crippen LogP contribution in [0.1, 0.15) is 31.8 Å². The van der Waals surface area contributed by atoms with Gasteiger partial charge >= 0.3 is 6.55 Å². The van der Waals surface area contributed by atoms with Gasteiger partial charge in [0.05, 0.1) is 6.10 Å². The molecule has 2 N–H and O–H groups in total. The summed E-state index contributed by atoms with van der Waals surface area (Å²) >= 11 is 0. The first kappa shape index (κ1) is 23.2. The van der Waals surface area contributed by atoms with E-state index in [2.05, 4.69) is 20.6 Å². The number of benzene rings is 2. The van der Waals surface area contributed by atoms with Crippen molar-refractivity contribution in [1.82, 2.24) is 14.9 Å². The maximum Gasteiger partial charge on any atom is 0.319 e. The highest BCUT2D eigenvalue weighted by Gasteiger charge is 2.11. The molecule has 1 aromatic heterocycles. The van der Waals surface area contributed by atoms with Gasteiger partial charge in [-0.25, -0.2) is 14.4 Å². The molecule has 0 saturated carbocycles. The van der Waals surface area contributed by atoms with Gasteiger partial charge in [0.15, 0.2) is 5.96 Å². The minimum atomic E-state index is -2.69. The van der Waals surface area contributed by atoms with Crippen molar-refractivity contribution in [3.63, 3.8) is 0 Å². The van der Waals surface area contributed by atoms with E-state index in [4.69, 9.17) is 4.74 Å². The van der Waals surface area contributed by atoms with Gasteiger partial charge in [-0.3, -0.25) is 4.57 Å². The first-order valence-corrected chi connectivity index (χ1v) is 10.3. The van der Waals surface area contributed by atoms with Crippen molar-refractivity contribution in [1.29, 1.82) is 0 Å². The topological polar surface area (TPSA) is 63.5 Å². The van der Waals surface area contributed by atoms with E-state index in [0.717, 1.165) is 16.0 Å². The molecule has 32 heavy (non-hydrogen) atoms. The number of anilines is 1. The maximum atomic E-state index is 13.9. The van der Waals surface area contributed by atoms with Gasteiger partial charge in [-0.1, -0.05) is 18.2 Å². The Kier molecular flexibility index (Phi) is 8.13. The molecule has 0 fully saturated rings. The van der Waals surface area contributed by atoms with Crippen molar-refractivity contribution in [3.05, 3.63) is 78.1 Å². The molecule has 0 aliphatic rings. The molecule has 2 aromatic carbocycles. The van der Waals surface area contributed by atoms with Gasteiger partial charge in [0.25, 0.3) is 0 Å². The molecule has 170 valence electrons. The average molecular weight is 445 g/mol. The summed E-state index contributed by atoms with van der Waals surface area (Å²) in [5, 5.41) is 6.25. The highest BCUT2D eigenvalue weighted by molar-refractivity contribution is 5.93. The van der Waals surface area contributed by atoms with Gasteiger partial charge in [0, 0.05) is 24.6 Å². The van der Waals surface area contributed by atoms with Crippen molar-refractivity contribution in [2.45, 2.75) is 39.5 Å². The number of ether oxygens (including phenoxy) is 1. The Morgan fingerprint density at radius 3 is 2.56 bits per heavy atom. The molecule has 0 unspecified atom stereocenters. The lowest BCUT2D eigenvalue weighted by molar-refractivity contribution is 0.0671. The van der Waals surface area contributed by atoms with Crippen molar-refractivity contribution in [3.8, 4) is 5.75 Å². The number of imidazole rings is 1. The Morgan fingerprint density at radius 1 is 1.12 bits per heavy atom. The van der Waals surface area contributed by atoms with E-state index in [1.54, 1.807) is 18.2 Å². The summed E-state index contributed by atoms with van der Waals surface area (Å²) in [5.41, 5.74) is 1.30. The monoisotopic (exact) mass is 445 g/mol. The van der Waals surface area contributed by atoms with E-state index in [1.807, 2.05) is 38.1 Å². The third-order valence-electron chi connectivity index (χ3n) is 4.47. The number of aliphatic imine (C=N–C) groups is 1. The zero-order valence-electron chi connectivity index (χ0n) is 17.9. The van der Waals surface area contributed by atoms with E-state index in [0.29, 0.717) is 24.5 Å². The second kappa shape index (κ2) is 11.2. The molecule has 3 aromatic rings. The minimum absolute atomic E-state index is 0.0546. The number of halogens is 3. The summed E-state index contributed by atoms with van der Waals surface area (Å²) in [4.78, 5) is 8.33. The van der Waals surface area contributed by atoms with E-state index in [9.17, 15) is 13.2 Å². The van der Waals surface area contributed by atoms with Crippen LogP contribution in [-0.2, 0) is 13.0 Å². The molecule has 1 heterocycles. The van der Waals surface area contributed by atoms with Crippen LogP contribution in [0.2, 0.25) is 0 Å². The molecular weight excluding hydrogens is 419 g/mol. The van der Waals surface area contributed by atoms with Gasteiger partial charge in [-0.05, 0) is 56.2 Å². The van der Waals surface area contributed by atoms with Crippen LogP contribution in [0.15, 0.2) is 65.9 Å². The van der Waals surface area contributed by atoms with Gasteiger partial charge in [0.2, 0.25) is 0 Å². The summed E-state index contributed by atoms with van der Waals surface area (Å²) < 4.78 is 46.4. The van der Waals surface area contributed by atoms with E-state index < -0.39 is 6.55 Å². The smallest absolute Gasteiger partial charge is 0.319 e. The van der Waals surface area contributed by atoms with Crippen LogP contribution in [0, 0.1) is 5.82 Å². The number of alkyl halides is 2. The number of guanidine groups is 1. The number of aromatic nitrogens is 2. The third kappa shape index (κ3) is 6.76. The van der Waals surface area contributed by atoms with Crippen molar-refractivity contribution in [2.75, 3.05) is 11.9 Å². The van der Waals surface area contributed by atoms with E-state index >= 15 is 0 Å². The van der Waals surface area contributed by atoms with E-state index in [-0.39, 0.29) is 24.3 Å². The fourth-order valence-corrected chi connectivity index (χ4v) is 2.98. The molecule has 0 bridgehead atoms. The van der Waals surface area contributed by atoms with Crippen LogP contribution in [0.25, 0.3) is 0 Å². The molecule has 9 heteroatoms. The lowest BCUT2D eigenvalue weighted by Gasteiger charge is -2.14. The van der Waals surface area contributed by atoms with Gasteiger partial charge in [-0.15, -0.1) is 0 Å². The van der Waals surface area contributed by atoms with Crippen molar-refractivity contribution >= 4 is 11.6 Å². The molecule has 0 radical (unpaired) electrons. The number of hydrogen-bond acceptors (Lipinski definition) is 3. The predicted octanol–water partition coefficient (Wildman–Crippen LogP) is 5.00. The minimum Gasteiger partial charge on any atom is -0.491 e. The number of nitrogens with zero attached hydrogens (tertiary/aromatic N) is 3. The third-order valence-corrected chi connectivity index (χ3v) is 4.47. The zero-order valence-corrected chi connectivity index (χ0v) is 17.9. The molecular formula is C23H26F3N5O. The van der Waals surface area contributed by atoms with Crippen molar-refractivity contribution < 1.29 is 17.9 Å². The van der Waals surface area contributed by atoms with Gasteiger partial charge < -0.3 is 15.4 Å². The Labute approximate surface area is 185 Å². The Bertz CT molecular complexity index is 1020. The van der Waals surface area contributed by atoms with Crippen molar-refractivity contribution in [2.24, 2.45) is 4.99 Å². The van der Waals surface area contributed by atoms with Crippen LogP contribution in [-0.4, -0.2) is 28.2 Å². The van der Waals surface area contributed by atoms with Gasteiger partial charge in [-0.2, -0.15) is 8.78 Å². The molecule has 0 spiro atoms. The average Bonchev–Trinajstić information content (AvgIpc) is 3.23. The summed E-state index contributed by atoms with van der Waals surface area (Å²) in [6.07, 6.45) is 3.01.